The highest BCUT2D eigenvalue weighted by molar-refractivity contribution is 7.27. The Kier molecular flexibility index (Phi) is 3.37. The molecule has 1 aliphatic carbocycles. The molecule has 124 valence electrons. The van der Waals surface area contributed by atoms with Crippen molar-refractivity contribution >= 4 is 34.0 Å². The average molecular weight is 379 g/mol. The van der Waals surface area contributed by atoms with Crippen LogP contribution in [-0.4, -0.2) is 0 Å². The summed E-state index contributed by atoms with van der Waals surface area (Å²) in [5.74, 6) is 0. The molecule has 0 radical (unpaired) electrons. The maximum atomic E-state index is 2.44. The lowest BCUT2D eigenvalue weighted by molar-refractivity contribution is 0.663. The topological polar surface area (TPSA) is 0 Å². The standard InChI is InChI=1S/C22H18S3/c1-13-11-17(24-19(13)14-7-5-4-6-8-14)18-12-16-21(25-18)20-15(9-10-23-20)22(16,2)3/h4-12H,1-3H3. The van der Waals surface area contributed by atoms with Crippen molar-refractivity contribution in [2.75, 3.05) is 0 Å². The molecule has 3 aromatic heterocycles. The lowest BCUT2D eigenvalue weighted by Gasteiger charge is -2.18. The molecule has 0 atom stereocenters. The molecule has 1 aromatic carbocycles. The minimum Gasteiger partial charge on any atom is -0.143 e. The van der Waals surface area contributed by atoms with Crippen molar-refractivity contribution < 1.29 is 0 Å². The van der Waals surface area contributed by atoms with Gasteiger partial charge in [-0.15, -0.1) is 34.0 Å². The normalized spacial score (nSPS) is 14.5. The summed E-state index contributed by atoms with van der Waals surface area (Å²) in [6, 6.07) is 17.8. The monoisotopic (exact) mass is 378 g/mol. The third-order valence-corrected chi connectivity index (χ3v) is 8.84. The smallest absolute Gasteiger partial charge is 0.0493 e. The second-order valence-electron chi connectivity index (χ2n) is 7.13. The molecule has 25 heavy (non-hydrogen) atoms. The zero-order valence-electron chi connectivity index (χ0n) is 14.4. The maximum Gasteiger partial charge on any atom is 0.0493 e. The van der Waals surface area contributed by atoms with Crippen LogP contribution >= 0.6 is 34.0 Å². The first-order valence-corrected chi connectivity index (χ1v) is 11.0. The summed E-state index contributed by atoms with van der Waals surface area (Å²) >= 11 is 5.77. The molecule has 1 aliphatic rings. The van der Waals surface area contributed by atoms with Gasteiger partial charge in [-0.3, -0.25) is 0 Å². The van der Waals surface area contributed by atoms with Crippen LogP contribution in [0.3, 0.4) is 0 Å². The van der Waals surface area contributed by atoms with E-state index in [2.05, 4.69) is 74.7 Å². The highest BCUT2D eigenvalue weighted by atomic mass is 32.1. The number of benzene rings is 1. The number of rotatable bonds is 2. The van der Waals surface area contributed by atoms with Crippen molar-refractivity contribution in [2.24, 2.45) is 0 Å². The SMILES string of the molecule is Cc1cc(-c2cc3c(s2)-c2sccc2C3(C)C)sc1-c1ccccc1. The van der Waals surface area contributed by atoms with Crippen molar-refractivity contribution in [2.45, 2.75) is 26.2 Å². The molecule has 0 fully saturated rings. The van der Waals surface area contributed by atoms with E-state index in [0.29, 0.717) is 0 Å². The van der Waals surface area contributed by atoms with E-state index in [1.165, 1.54) is 46.6 Å². The Balaban J connectivity index is 1.63. The summed E-state index contributed by atoms with van der Waals surface area (Å²) < 4.78 is 0. The molecule has 0 aliphatic heterocycles. The van der Waals surface area contributed by atoms with Crippen LogP contribution in [0.25, 0.3) is 29.9 Å². The molecule has 3 heteroatoms. The van der Waals surface area contributed by atoms with Crippen LogP contribution in [0.2, 0.25) is 0 Å². The predicted molar refractivity (Wildman–Crippen MR) is 113 cm³/mol. The number of fused-ring (bicyclic) bond motifs is 3. The van der Waals surface area contributed by atoms with E-state index in [4.69, 9.17) is 0 Å². The zero-order valence-corrected chi connectivity index (χ0v) is 16.9. The minimum atomic E-state index is 0.133. The van der Waals surface area contributed by atoms with Crippen LogP contribution in [0, 0.1) is 6.92 Å². The lowest BCUT2D eigenvalue weighted by atomic mass is 9.84. The van der Waals surface area contributed by atoms with Crippen molar-refractivity contribution in [3.05, 3.63) is 70.6 Å². The first-order valence-electron chi connectivity index (χ1n) is 8.44. The Morgan fingerprint density at radius 2 is 1.48 bits per heavy atom. The summed E-state index contributed by atoms with van der Waals surface area (Å²) in [6.07, 6.45) is 0. The van der Waals surface area contributed by atoms with E-state index in [9.17, 15) is 0 Å². The molecular formula is C22H18S3. The van der Waals surface area contributed by atoms with Crippen molar-refractivity contribution in [3.8, 4) is 29.9 Å². The van der Waals surface area contributed by atoms with Crippen molar-refractivity contribution in [1.82, 2.24) is 0 Å². The summed E-state index contributed by atoms with van der Waals surface area (Å²) in [5.41, 5.74) is 5.82. The van der Waals surface area contributed by atoms with Gasteiger partial charge in [0.05, 0.1) is 0 Å². The first kappa shape index (κ1) is 15.6. The quantitative estimate of drug-likeness (QED) is 0.333. The van der Waals surface area contributed by atoms with Crippen molar-refractivity contribution in [3.63, 3.8) is 0 Å². The molecule has 0 amide bonds. The molecule has 0 nitrogen and oxygen atoms in total. The average Bonchev–Trinajstić information content (AvgIpc) is 3.34. The number of thiophene rings is 3. The second kappa shape index (κ2) is 5.41. The Morgan fingerprint density at radius 3 is 2.28 bits per heavy atom. The highest BCUT2D eigenvalue weighted by Crippen LogP contribution is 2.56. The van der Waals surface area contributed by atoms with Gasteiger partial charge in [-0.25, -0.2) is 0 Å². The molecule has 4 aromatic rings. The van der Waals surface area contributed by atoms with Gasteiger partial charge in [0.25, 0.3) is 0 Å². The maximum absolute atomic E-state index is 2.44. The third kappa shape index (κ3) is 2.23. The van der Waals surface area contributed by atoms with E-state index >= 15 is 0 Å². The summed E-state index contributed by atoms with van der Waals surface area (Å²) in [4.78, 5) is 7.16. The van der Waals surface area contributed by atoms with Crippen LogP contribution in [0.15, 0.2) is 53.9 Å². The first-order chi connectivity index (χ1) is 12.1. The fraction of sp³-hybridized carbons (Fsp3) is 0.182. The molecule has 0 unspecified atom stereocenters. The minimum absolute atomic E-state index is 0.133. The molecule has 5 rings (SSSR count). The van der Waals surface area contributed by atoms with Crippen LogP contribution in [0.4, 0.5) is 0 Å². The van der Waals surface area contributed by atoms with E-state index in [-0.39, 0.29) is 5.41 Å². The summed E-state index contributed by atoms with van der Waals surface area (Å²) in [7, 11) is 0. The second-order valence-corrected chi connectivity index (χ2v) is 10.2. The molecule has 0 saturated carbocycles. The highest BCUT2D eigenvalue weighted by Gasteiger charge is 2.38. The molecular weight excluding hydrogens is 360 g/mol. The van der Waals surface area contributed by atoms with Gasteiger partial charge in [0.2, 0.25) is 0 Å². The van der Waals surface area contributed by atoms with Crippen LogP contribution in [0.5, 0.6) is 0 Å². The Morgan fingerprint density at radius 1 is 0.760 bits per heavy atom. The van der Waals surface area contributed by atoms with Crippen molar-refractivity contribution in [1.29, 1.82) is 0 Å². The van der Waals surface area contributed by atoms with Crippen LogP contribution < -0.4 is 0 Å². The molecule has 0 saturated heterocycles. The van der Waals surface area contributed by atoms with E-state index in [1.807, 2.05) is 34.0 Å². The fourth-order valence-corrected chi connectivity index (χ4v) is 7.55. The predicted octanol–water partition coefficient (Wildman–Crippen LogP) is 7.82. The van der Waals surface area contributed by atoms with Crippen LogP contribution in [0.1, 0.15) is 30.5 Å². The van der Waals surface area contributed by atoms with Gasteiger partial charge in [-0.05, 0) is 52.8 Å². The van der Waals surface area contributed by atoms with E-state index in [1.54, 1.807) is 0 Å². The Hall–Kier alpha value is -1.68. The summed E-state index contributed by atoms with van der Waals surface area (Å²) in [5, 5.41) is 2.23. The van der Waals surface area contributed by atoms with Gasteiger partial charge in [0, 0.05) is 29.8 Å². The Labute approximate surface area is 160 Å². The molecule has 3 heterocycles. The Bertz CT molecular complexity index is 1070. The largest absolute Gasteiger partial charge is 0.143 e. The van der Waals surface area contributed by atoms with Crippen LogP contribution in [-0.2, 0) is 5.41 Å². The zero-order chi connectivity index (χ0) is 17.2. The van der Waals surface area contributed by atoms with E-state index < -0.39 is 0 Å². The molecule has 0 bridgehead atoms. The molecule has 0 N–H and O–H groups in total. The van der Waals surface area contributed by atoms with Gasteiger partial charge in [-0.1, -0.05) is 44.2 Å². The fourth-order valence-electron chi connectivity index (χ4n) is 3.75. The van der Waals surface area contributed by atoms with Gasteiger partial charge in [0.15, 0.2) is 0 Å². The van der Waals surface area contributed by atoms with Gasteiger partial charge in [0.1, 0.15) is 0 Å². The number of hydrogen-bond donors (Lipinski definition) is 0. The van der Waals surface area contributed by atoms with Gasteiger partial charge >= 0.3 is 0 Å². The number of hydrogen-bond acceptors (Lipinski definition) is 3. The van der Waals surface area contributed by atoms with Gasteiger partial charge in [-0.2, -0.15) is 0 Å². The number of aryl methyl sites for hydroxylation is 1. The van der Waals surface area contributed by atoms with Gasteiger partial charge < -0.3 is 0 Å². The molecule has 0 spiro atoms. The summed E-state index contributed by atoms with van der Waals surface area (Å²) in [6.45, 7) is 6.94. The van der Waals surface area contributed by atoms with E-state index in [0.717, 1.165) is 0 Å². The third-order valence-electron chi connectivity index (χ3n) is 5.15. The lowest BCUT2D eigenvalue weighted by Crippen LogP contribution is -2.13.